The number of morpholine rings is 1. The Morgan fingerprint density at radius 2 is 1.26 bits per heavy atom. The molecule has 3 aromatic rings. The zero-order valence-electron chi connectivity index (χ0n) is 19.9. The summed E-state index contributed by atoms with van der Waals surface area (Å²) in [6.07, 6.45) is 3.47. The van der Waals surface area contributed by atoms with Crippen molar-refractivity contribution in [2.45, 2.75) is 12.5 Å². The molecule has 0 radical (unpaired) electrons. The van der Waals surface area contributed by atoms with Crippen LogP contribution in [-0.2, 0) is 10.3 Å². The van der Waals surface area contributed by atoms with Crippen molar-refractivity contribution in [2.24, 2.45) is 0 Å². The summed E-state index contributed by atoms with van der Waals surface area (Å²) < 4.78 is 5.54. The molecular weight excluding hydrogens is 432 g/mol. The van der Waals surface area contributed by atoms with E-state index >= 15 is 0 Å². The summed E-state index contributed by atoms with van der Waals surface area (Å²) in [5.74, 6) is 0.393. The first-order chi connectivity index (χ1) is 17.2. The number of hydrogen-bond acceptors (Lipinski definition) is 4. The Bertz CT molecular complexity index is 1160. The van der Waals surface area contributed by atoms with Gasteiger partial charge in [-0.15, -0.1) is 0 Å². The van der Waals surface area contributed by atoms with E-state index in [0.717, 1.165) is 46.6 Å². The SMILES string of the molecule is CC1=CN(C(c2ccccc2)(c2ccccc2)c2ccccc2)C(=N)/C1=C(\C=N)N1CCOCC1. The number of benzene rings is 3. The molecule has 176 valence electrons. The first kappa shape index (κ1) is 22.8. The quantitative estimate of drug-likeness (QED) is 0.380. The summed E-state index contributed by atoms with van der Waals surface area (Å²) in [5.41, 5.74) is 5.04. The maximum absolute atomic E-state index is 9.50. The molecule has 0 aliphatic carbocycles. The zero-order chi connectivity index (χ0) is 24.3. The van der Waals surface area contributed by atoms with Gasteiger partial charge in [0.2, 0.25) is 0 Å². The highest BCUT2D eigenvalue weighted by atomic mass is 16.5. The Morgan fingerprint density at radius 1 is 0.800 bits per heavy atom. The second-order valence-electron chi connectivity index (χ2n) is 8.84. The predicted octanol–water partition coefficient (Wildman–Crippen LogP) is 5.41. The highest BCUT2D eigenvalue weighted by Crippen LogP contribution is 2.46. The molecule has 5 heteroatoms. The van der Waals surface area contributed by atoms with Crippen molar-refractivity contribution >= 4 is 12.1 Å². The third-order valence-corrected chi connectivity index (χ3v) is 6.88. The lowest BCUT2D eigenvalue weighted by molar-refractivity contribution is 0.0564. The van der Waals surface area contributed by atoms with Gasteiger partial charge in [-0.25, -0.2) is 0 Å². The Kier molecular flexibility index (Phi) is 6.34. The van der Waals surface area contributed by atoms with Gasteiger partial charge in [0.25, 0.3) is 0 Å². The maximum atomic E-state index is 9.50. The fourth-order valence-corrected chi connectivity index (χ4v) is 5.30. The molecule has 0 bridgehead atoms. The van der Waals surface area contributed by atoms with E-state index in [9.17, 15) is 5.41 Å². The Hall–Kier alpha value is -3.96. The van der Waals surface area contributed by atoms with Crippen LogP contribution >= 0.6 is 0 Å². The monoisotopic (exact) mass is 462 g/mol. The largest absolute Gasteiger partial charge is 0.378 e. The van der Waals surface area contributed by atoms with Crippen LogP contribution in [0, 0.1) is 10.8 Å². The number of rotatable bonds is 6. The molecule has 3 aromatic carbocycles. The lowest BCUT2D eigenvalue weighted by Crippen LogP contribution is -2.47. The Labute approximate surface area is 207 Å². The smallest absolute Gasteiger partial charge is 0.135 e. The van der Waals surface area contributed by atoms with E-state index in [1.165, 1.54) is 6.21 Å². The minimum absolute atomic E-state index is 0.393. The van der Waals surface area contributed by atoms with Gasteiger partial charge in [0.05, 0.1) is 18.9 Å². The van der Waals surface area contributed by atoms with Gasteiger partial charge in [-0.3, -0.25) is 5.41 Å². The molecular formula is C30H30N4O. The molecule has 5 rings (SSSR count). The van der Waals surface area contributed by atoms with Crippen molar-refractivity contribution in [3.63, 3.8) is 0 Å². The molecule has 2 aliphatic heterocycles. The number of hydrogen-bond donors (Lipinski definition) is 2. The van der Waals surface area contributed by atoms with E-state index in [1.807, 2.05) is 25.1 Å². The van der Waals surface area contributed by atoms with Crippen molar-refractivity contribution < 1.29 is 4.74 Å². The first-order valence-corrected chi connectivity index (χ1v) is 12.0. The molecule has 0 saturated carbocycles. The van der Waals surface area contributed by atoms with Gasteiger partial charge < -0.3 is 19.9 Å². The standard InChI is InChI=1S/C30H30N4O/c1-23-22-34(29(32)28(23)27(21-31)33-17-19-35-20-18-33)30(24-11-5-2-6-12-24,25-13-7-3-8-14-25)26-15-9-4-10-16-26/h2-16,21-22,31-32H,17-20H2,1H3/b28-27+,31-21?,32-29?. The van der Waals surface area contributed by atoms with Crippen molar-refractivity contribution in [1.29, 1.82) is 10.8 Å². The second-order valence-corrected chi connectivity index (χ2v) is 8.84. The van der Waals surface area contributed by atoms with Gasteiger partial charge in [-0.1, -0.05) is 91.0 Å². The van der Waals surface area contributed by atoms with Crippen LogP contribution in [0.2, 0.25) is 0 Å². The van der Waals surface area contributed by atoms with E-state index < -0.39 is 5.54 Å². The molecule has 5 nitrogen and oxygen atoms in total. The zero-order valence-corrected chi connectivity index (χ0v) is 19.9. The average Bonchev–Trinajstić information content (AvgIpc) is 3.21. The van der Waals surface area contributed by atoms with Crippen LogP contribution < -0.4 is 0 Å². The number of nitrogens with one attached hydrogen (secondary N) is 2. The Balaban J connectivity index is 1.76. The lowest BCUT2D eigenvalue weighted by Gasteiger charge is -2.44. The Morgan fingerprint density at radius 3 is 1.69 bits per heavy atom. The lowest BCUT2D eigenvalue weighted by atomic mass is 9.75. The summed E-state index contributed by atoms with van der Waals surface area (Å²) in [5, 5.41) is 17.8. The van der Waals surface area contributed by atoms with Gasteiger partial charge in [-0.05, 0) is 29.2 Å². The van der Waals surface area contributed by atoms with Gasteiger partial charge in [0.15, 0.2) is 0 Å². The van der Waals surface area contributed by atoms with Gasteiger partial charge in [0, 0.05) is 31.1 Å². The number of nitrogens with zero attached hydrogens (tertiary/aromatic N) is 2. The van der Waals surface area contributed by atoms with Crippen molar-refractivity contribution in [1.82, 2.24) is 9.80 Å². The fraction of sp³-hybridized carbons (Fsp3) is 0.200. The number of allylic oxidation sites excluding steroid dienone is 1. The molecule has 2 N–H and O–H groups in total. The number of ether oxygens (including phenoxy) is 1. The minimum Gasteiger partial charge on any atom is -0.378 e. The van der Waals surface area contributed by atoms with E-state index in [0.29, 0.717) is 19.0 Å². The van der Waals surface area contributed by atoms with Crippen LogP contribution in [0.15, 0.2) is 114 Å². The first-order valence-electron chi connectivity index (χ1n) is 12.0. The van der Waals surface area contributed by atoms with E-state index in [2.05, 4.69) is 88.8 Å². The molecule has 0 amide bonds. The summed E-state index contributed by atoms with van der Waals surface area (Å²) in [7, 11) is 0. The van der Waals surface area contributed by atoms with Crippen LogP contribution in [0.25, 0.3) is 0 Å². The highest BCUT2D eigenvalue weighted by molar-refractivity contribution is 6.08. The van der Waals surface area contributed by atoms with E-state index in [1.54, 1.807) is 0 Å². The average molecular weight is 463 g/mol. The van der Waals surface area contributed by atoms with Crippen molar-refractivity contribution in [3.8, 4) is 0 Å². The van der Waals surface area contributed by atoms with E-state index in [-0.39, 0.29) is 0 Å². The molecule has 1 saturated heterocycles. The fourth-order valence-electron chi connectivity index (χ4n) is 5.30. The molecule has 0 aromatic heterocycles. The summed E-state index contributed by atoms with van der Waals surface area (Å²) in [4.78, 5) is 4.25. The van der Waals surface area contributed by atoms with Crippen LogP contribution in [0.5, 0.6) is 0 Å². The van der Waals surface area contributed by atoms with E-state index in [4.69, 9.17) is 10.1 Å². The second kappa shape index (κ2) is 9.72. The summed E-state index contributed by atoms with van der Waals surface area (Å²) in [6, 6.07) is 31.2. The highest BCUT2D eigenvalue weighted by Gasteiger charge is 2.46. The molecule has 1 fully saturated rings. The van der Waals surface area contributed by atoms with Crippen LogP contribution in [0.3, 0.4) is 0 Å². The van der Waals surface area contributed by atoms with Gasteiger partial charge in [-0.2, -0.15) is 0 Å². The van der Waals surface area contributed by atoms with Crippen molar-refractivity contribution in [3.05, 3.63) is 131 Å². The normalized spacial score (nSPS) is 17.9. The molecule has 2 aliphatic rings. The third-order valence-electron chi connectivity index (χ3n) is 6.88. The van der Waals surface area contributed by atoms with Gasteiger partial charge in [0.1, 0.15) is 11.4 Å². The topological polar surface area (TPSA) is 63.4 Å². The van der Waals surface area contributed by atoms with Crippen LogP contribution in [-0.4, -0.2) is 48.2 Å². The predicted molar refractivity (Wildman–Crippen MR) is 141 cm³/mol. The molecule has 35 heavy (non-hydrogen) atoms. The third kappa shape index (κ3) is 3.88. The van der Waals surface area contributed by atoms with Gasteiger partial charge >= 0.3 is 0 Å². The summed E-state index contributed by atoms with van der Waals surface area (Å²) >= 11 is 0. The minimum atomic E-state index is -0.748. The molecule has 2 heterocycles. The van der Waals surface area contributed by atoms with Crippen LogP contribution in [0.1, 0.15) is 23.6 Å². The van der Waals surface area contributed by atoms with Crippen LogP contribution in [0.4, 0.5) is 0 Å². The molecule has 0 atom stereocenters. The maximum Gasteiger partial charge on any atom is 0.135 e. The summed E-state index contributed by atoms with van der Waals surface area (Å²) in [6.45, 7) is 4.74. The van der Waals surface area contributed by atoms with Crippen molar-refractivity contribution in [2.75, 3.05) is 26.3 Å². The molecule has 0 unspecified atom stereocenters. The number of amidine groups is 1. The molecule has 0 spiro atoms.